The molecule has 0 atom stereocenters. The maximum Gasteiger partial charge on any atom is 0.182 e. The van der Waals surface area contributed by atoms with Crippen molar-refractivity contribution in [1.82, 2.24) is 0 Å². The molecule has 4 nitrogen and oxygen atoms in total. The highest BCUT2D eigenvalue weighted by molar-refractivity contribution is 5.76. The van der Waals surface area contributed by atoms with Crippen LogP contribution in [0.1, 0.15) is 0 Å². The summed E-state index contributed by atoms with van der Waals surface area (Å²) >= 11 is 0. The zero-order valence-electron chi connectivity index (χ0n) is 11.0. The molecule has 6 heteroatoms. The molecule has 0 saturated carbocycles. The number of benzene rings is 2. The van der Waals surface area contributed by atoms with Gasteiger partial charge in [0, 0.05) is 12.1 Å². The van der Waals surface area contributed by atoms with Gasteiger partial charge in [-0.3, -0.25) is 0 Å². The summed E-state index contributed by atoms with van der Waals surface area (Å²) in [6.07, 6.45) is 0. The number of hydrogen-bond donors (Lipinski definition) is 2. The van der Waals surface area contributed by atoms with E-state index in [2.05, 4.69) is 5.32 Å². The van der Waals surface area contributed by atoms with E-state index in [0.717, 1.165) is 6.07 Å². The fourth-order valence-electron chi connectivity index (χ4n) is 1.75. The first-order valence-corrected chi connectivity index (χ1v) is 5.79. The van der Waals surface area contributed by atoms with E-state index in [1.54, 1.807) is 12.1 Å². The Hall–Kier alpha value is -2.50. The molecule has 20 heavy (non-hydrogen) atoms. The molecule has 0 heterocycles. The van der Waals surface area contributed by atoms with Gasteiger partial charge in [0.25, 0.3) is 0 Å². The fraction of sp³-hybridized carbons (Fsp3) is 0.143. The van der Waals surface area contributed by atoms with E-state index in [0.29, 0.717) is 22.9 Å². The summed E-state index contributed by atoms with van der Waals surface area (Å²) in [5.41, 5.74) is 6.55. The summed E-state index contributed by atoms with van der Waals surface area (Å²) in [7, 11) is 2.96. The van der Waals surface area contributed by atoms with Crippen LogP contribution < -0.4 is 20.5 Å². The first kappa shape index (κ1) is 13.9. The van der Waals surface area contributed by atoms with Crippen molar-refractivity contribution in [3.63, 3.8) is 0 Å². The average Bonchev–Trinajstić information content (AvgIpc) is 2.45. The maximum atomic E-state index is 13.6. The highest BCUT2D eigenvalue weighted by atomic mass is 19.2. The van der Waals surface area contributed by atoms with Crippen LogP contribution >= 0.6 is 0 Å². The Morgan fingerprint density at radius 2 is 1.65 bits per heavy atom. The number of halogens is 2. The number of nitrogen functional groups attached to an aromatic ring is 1. The normalized spacial score (nSPS) is 10.2. The van der Waals surface area contributed by atoms with Crippen LogP contribution in [0.5, 0.6) is 11.5 Å². The van der Waals surface area contributed by atoms with Crippen molar-refractivity contribution in [3.8, 4) is 11.5 Å². The topological polar surface area (TPSA) is 56.5 Å². The van der Waals surface area contributed by atoms with Crippen LogP contribution in [0.3, 0.4) is 0 Å². The van der Waals surface area contributed by atoms with Gasteiger partial charge in [-0.2, -0.15) is 0 Å². The summed E-state index contributed by atoms with van der Waals surface area (Å²) in [6.45, 7) is 0. The Balaban J connectivity index is 2.41. The van der Waals surface area contributed by atoms with E-state index in [9.17, 15) is 8.78 Å². The van der Waals surface area contributed by atoms with E-state index >= 15 is 0 Å². The van der Waals surface area contributed by atoms with Gasteiger partial charge in [-0.25, -0.2) is 8.78 Å². The van der Waals surface area contributed by atoms with Gasteiger partial charge in [0.15, 0.2) is 23.1 Å². The summed E-state index contributed by atoms with van der Waals surface area (Å²) in [5, 5.41) is 2.73. The van der Waals surface area contributed by atoms with E-state index < -0.39 is 11.6 Å². The minimum absolute atomic E-state index is 0.0103. The molecule has 0 fully saturated rings. The van der Waals surface area contributed by atoms with E-state index in [1.807, 2.05) is 0 Å². The molecule has 2 aromatic rings. The van der Waals surface area contributed by atoms with E-state index in [-0.39, 0.29) is 5.69 Å². The molecule has 0 aliphatic heterocycles. The third-order valence-electron chi connectivity index (χ3n) is 2.78. The predicted octanol–water partition coefficient (Wildman–Crippen LogP) is 3.31. The lowest BCUT2D eigenvalue weighted by atomic mass is 10.2. The van der Waals surface area contributed by atoms with E-state index in [1.165, 1.54) is 26.4 Å². The molecule has 106 valence electrons. The molecule has 0 spiro atoms. The van der Waals surface area contributed by atoms with Crippen LogP contribution in [-0.4, -0.2) is 14.2 Å². The Kier molecular flexibility index (Phi) is 3.93. The van der Waals surface area contributed by atoms with E-state index in [4.69, 9.17) is 15.2 Å². The van der Waals surface area contributed by atoms with Crippen LogP contribution in [0.25, 0.3) is 0 Å². The zero-order chi connectivity index (χ0) is 14.7. The molecule has 0 aliphatic carbocycles. The molecule has 0 saturated heterocycles. The smallest absolute Gasteiger partial charge is 0.182 e. The molecule has 0 unspecified atom stereocenters. The third-order valence-corrected chi connectivity index (χ3v) is 2.78. The number of nitrogens with two attached hydrogens (primary N) is 1. The van der Waals surface area contributed by atoms with Crippen molar-refractivity contribution < 1.29 is 18.3 Å². The van der Waals surface area contributed by atoms with Crippen LogP contribution in [0.2, 0.25) is 0 Å². The second-order valence-electron chi connectivity index (χ2n) is 4.02. The standard InChI is InChI=1S/C14H14F2N2O2/c1-19-12-6-9(17)11(7-13(12)20-2)18-10-5-3-4-8(15)14(10)16/h3-7,18H,17H2,1-2H3. The Bertz CT molecular complexity index is 633. The minimum atomic E-state index is -0.971. The quantitative estimate of drug-likeness (QED) is 0.844. The van der Waals surface area contributed by atoms with Gasteiger partial charge in [-0.1, -0.05) is 6.07 Å². The first-order chi connectivity index (χ1) is 9.56. The lowest BCUT2D eigenvalue weighted by Crippen LogP contribution is -2.01. The summed E-state index contributed by atoms with van der Waals surface area (Å²) in [5.74, 6) is -1.02. The first-order valence-electron chi connectivity index (χ1n) is 5.79. The summed E-state index contributed by atoms with van der Waals surface area (Å²) in [6, 6.07) is 6.95. The lowest BCUT2D eigenvalue weighted by Gasteiger charge is -2.14. The van der Waals surface area contributed by atoms with Gasteiger partial charge in [-0.15, -0.1) is 0 Å². The molecule has 0 bridgehead atoms. The van der Waals surface area contributed by atoms with Gasteiger partial charge in [0.1, 0.15) is 0 Å². The zero-order valence-corrected chi connectivity index (χ0v) is 11.0. The number of hydrogen-bond acceptors (Lipinski definition) is 4. The number of anilines is 3. The molecule has 3 N–H and O–H groups in total. The Morgan fingerprint density at radius 3 is 2.30 bits per heavy atom. The molecule has 0 amide bonds. The van der Waals surface area contributed by atoms with Crippen LogP contribution in [0, 0.1) is 11.6 Å². The van der Waals surface area contributed by atoms with Crippen molar-refractivity contribution in [2.24, 2.45) is 0 Å². The molecule has 2 aromatic carbocycles. The SMILES string of the molecule is COc1cc(N)c(Nc2cccc(F)c2F)cc1OC. The highest BCUT2D eigenvalue weighted by Crippen LogP contribution is 2.36. The van der Waals surface area contributed by atoms with Crippen molar-refractivity contribution in [2.45, 2.75) is 0 Å². The van der Waals surface area contributed by atoms with Crippen molar-refractivity contribution in [2.75, 3.05) is 25.3 Å². The molecule has 2 rings (SSSR count). The number of methoxy groups -OCH3 is 2. The van der Waals surface area contributed by atoms with Gasteiger partial charge in [0.05, 0.1) is 31.3 Å². The van der Waals surface area contributed by atoms with Gasteiger partial charge in [0.2, 0.25) is 0 Å². The van der Waals surface area contributed by atoms with Crippen LogP contribution in [0.15, 0.2) is 30.3 Å². The second-order valence-corrected chi connectivity index (χ2v) is 4.02. The fourth-order valence-corrected chi connectivity index (χ4v) is 1.75. The van der Waals surface area contributed by atoms with Gasteiger partial charge < -0.3 is 20.5 Å². The molecular weight excluding hydrogens is 266 g/mol. The van der Waals surface area contributed by atoms with Crippen molar-refractivity contribution >= 4 is 17.1 Å². The lowest BCUT2D eigenvalue weighted by molar-refractivity contribution is 0.355. The predicted molar refractivity (Wildman–Crippen MR) is 73.6 cm³/mol. The minimum Gasteiger partial charge on any atom is -0.493 e. The number of rotatable bonds is 4. The Morgan fingerprint density at radius 1 is 1.00 bits per heavy atom. The van der Waals surface area contributed by atoms with Crippen molar-refractivity contribution in [3.05, 3.63) is 42.0 Å². The third kappa shape index (κ3) is 2.59. The maximum absolute atomic E-state index is 13.6. The molecular formula is C14H14F2N2O2. The molecule has 0 aromatic heterocycles. The summed E-state index contributed by atoms with van der Waals surface area (Å²) in [4.78, 5) is 0. The molecule has 0 aliphatic rings. The van der Waals surface area contributed by atoms with Gasteiger partial charge in [-0.05, 0) is 12.1 Å². The second kappa shape index (κ2) is 5.64. The van der Waals surface area contributed by atoms with Gasteiger partial charge >= 0.3 is 0 Å². The molecule has 0 radical (unpaired) electrons. The highest BCUT2D eigenvalue weighted by Gasteiger charge is 2.12. The Labute approximate surface area is 115 Å². The average molecular weight is 280 g/mol. The summed E-state index contributed by atoms with van der Waals surface area (Å²) < 4.78 is 37.0. The van der Waals surface area contributed by atoms with Crippen LogP contribution in [-0.2, 0) is 0 Å². The number of nitrogens with one attached hydrogen (secondary N) is 1. The van der Waals surface area contributed by atoms with Crippen LogP contribution in [0.4, 0.5) is 25.8 Å². The van der Waals surface area contributed by atoms with Crippen molar-refractivity contribution in [1.29, 1.82) is 0 Å². The largest absolute Gasteiger partial charge is 0.493 e. The monoisotopic (exact) mass is 280 g/mol. The number of ether oxygens (including phenoxy) is 2.